The second kappa shape index (κ2) is 8.88. The van der Waals surface area contributed by atoms with Gasteiger partial charge in [0.25, 0.3) is 0 Å². The third-order valence-corrected chi connectivity index (χ3v) is 10.8. The molecule has 3 heteroatoms. The van der Waals surface area contributed by atoms with Gasteiger partial charge in [-0.15, -0.1) is 0 Å². The summed E-state index contributed by atoms with van der Waals surface area (Å²) in [4.78, 5) is 0. The summed E-state index contributed by atoms with van der Waals surface area (Å²) in [6.45, 7) is 18.5. The van der Waals surface area contributed by atoms with E-state index in [1.807, 2.05) is 0 Å². The van der Waals surface area contributed by atoms with Gasteiger partial charge in [-0.1, -0.05) is 0 Å². The maximum absolute atomic E-state index is 6.54. The van der Waals surface area contributed by atoms with Crippen LogP contribution < -0.4 is 0 Å². The maximum atomic E-state index is 6.54. The molecule has 0 aromatic rings. The molecule has 0 aliphatic heterocycles. The molecular formula is C16H34OSiTe. The molecule has 0 bridgehead atoms. The Balaban J connectivity index is 4.50. The molecule has 0 N–H and O–H groups in total. The van der Waals surface area contributed by atoms with Crippen molar-refractivity contribution in [1.82, 2.24) is 0 Å². The van der Waals surface area contributed by atoms with E-state index in [1.54, 1.807) is 0 Å². The van der Waals surface area contributed by atoms with Crippen LogP contribution in [-0.4, -0.2) is 35.3 Å². The molecule has 0 saturated heterocycles. The summed E-state index contributed by atoms with van der Waals surface area (Å²) in [6.07, 6.45) is 5.39. The average Bonchev–Trinajstić information content (AvgIpc) is 2.25. The van der Waals surface area contributed by atoms with E-state index in [0.717, 1.165) is 0 Å². The fraction of sp³-hybridized carbons (Fsp3) is 0.875. The summed E-state index contributed by atoms with van der Waals surface area (Å²) in [5.74, 6) is 0.573. The zero-order valence-electron chi connectivity index (χ0n) is 14.2. The van der Waals surface area contributed by atoms with E-state index in [2.05, 4.69) is 64.8 Å². The third kappa shape index (κ3) is 7.90. The molecular weight excluding hydrogens is 364 g/mol. The van der Waals surface area contributed by atoms with E-state index in [9.17, 15) is 0 Å². The first kappa shape index (κ1) is 19.7. The fourth-order valence-corrected chi connectivity index (χ4v) is 5.18. The van der Waals surface area contributed by atoms with Crippen LogP contribution >= 0.6 is 0 Å². The van der Waals surface area contributed by atoms with Gasteiger partial charge in [-0.25, -0.2) is 0 Å². The van der Waals surface area contributed by atoms with Crippen molar-refractivity contribution < 1.29 is 4.43 Å². The van der Waals surface area contributed by atoms with Crippen molar-refractivity contribution in [2.75, 3.05) is 0 Å². The Bertz CT molecular complexity index is 266. The van der Waals surface area contributed by atoms with Crippen molar-refractivity contribution in [2.45, 2.75) is 83.1 Å². The molecule has 0 radical (unpaired) electrons. The Kier molecular flexibility index (Phi) is 9.21. The van der Waals surface area contributed by atoms with E-state index in [1.165, 1.54) is 17.3 Å². The molecule has 0 fully saturated rings. The first-order chi connectivity index (χ1) is 8.62. The Morgan fingerprint density at radius 1 is 1.21 bits per heavy atom. The van der Waals surface area contributed by atoms with E-state index in [-0.39, 0.29) is 20.9 Å². The second-order valence-corrected chi connectivity index (χ2v) is 14.8. The number of hydrogen-bond acceptors (Lipinski definition) is 1. The quantitative estimate of drug-likeness (QED) is 0.389. The zero-order valence-corrected chi connectivity index (χ0v) is 17.6. The Morgan fingerprint density at radius 3 is 2.21 bits per heavy atom. The van der Waals surface area contributed by atoms with E-state index >= 15 is 0 Å². The summed E-state index contributed by atoms with van der Waals surface area (Å²) in [6, 6.07) is 0. The van der Waals surface area contributed by atoms with Crippen LogP contribution in [0.1, 0.15) is 54.4 Å². The van der Waals surface area contributed by atoms with Crippen molar-refractivity contribution in [3.8, 4) is 0 Å². The first-order valence-electron chi connectivity index (χ1n) is 7.58. The monoisotopic (exact) mass is 400 g/mol. The van der Waals surface area contributed by atoms with E-state index in [0.29, 0.717) is 17.1 Å². The van der Waals surface area contributed by atoms with Crippen LogP contribution in [0.2, 0.25) is 22.6 Å². The minimum absolute atomic E-state index is 0.0699. The molecule has 1 atom stereocenters. The van der Waals surface area contributed by atoms with Crippen molar-refractivity contribution in [3.63, 3.8) is 0 Å². The average molecular weight is 398 g/mol. The van der Waals surface area contributed by atoms with Crippen LogP contribution in [-0.2, 0) is 4.43 Å². The second-order valence-electron chi connectivity index (χ2n) is 7.14. The topological polar surface area (TPSA) is 9.23 Å². The van der Waals surface area contributed by atoms with Crippen LogP contribution in [0.25, 0.3) is 0 Å². The predicted octanol–water partition coefficient (Wildman–Crippen LogP) is 5.47. The van der Waals surface area contributed by atoms with E-state index < -0.39 is 8.32 Å². The Hall–Kier alpha value is 0.706. The Labute approximate surface area is 132 Å². The van der Waals surface area contributed by atoms with Gasteiger partial charge in [0.05, 0.1) is 0 Å². The van der Waals surface area contributed by atoms with Gasteiger partial charge in [0.1, 0.15) is 0 Å². The van der Waals surface area contributed by atoms with Crippen LogP contribution in [0.5, 0.6) is 0 Å². The van der Waals surface area contributed by atoms with Crippen molar-refractivity contribution in [3.05, 3.63) is 10.2 Å². The summed E-state index contributed by atoms with van der Waals surface area (Å²) in [5, 5.41) is 0.298. The molecule has 0 aromatic carbocycles. The molecule has 1 unspecified atom stereocenters. The summed E-state index contributed by atoms with van der Waals surface area (Å²) in [7, 11) is -1.64. The van der Waals surface area contributed by atoms with Gasteiger partial charge >= 0.3 is 133 Å². The van der Waals surface area contributed by atoms with Crippen molar-refractivity contribution >= 4 is 29.2 Å². The van der Waals surface area contributed by atoms with Gasteiger partial charge in [-0.2, -0.15) is 0 Å². The van der Waals surface area contributed by atoms with Crippen LogP contribution in [0.15, 0.2) is 10.2 Å². The first-order valence-corrected chi connectivity index (χ1v) is 13.5. The normalized spacial score (nSPS) is 15.4. The van der Waals surface area contributed by atoms with Gasteiger partial charge in [0.2, 0.25) is 0 Å². The molecule has 0 aliphatic rings. The number of rotatable bonds is 8. The molecule has 1 nitrogen and oxygen atoms in total. The molecule has 0 rings (SSSR count). The van der Waals surface area contributed by atoms with Gasteiger partial charge in [0.15, 0.2) is 0 Å². The van der Waals surface area contributed by atoms with Crippen LogP contribution in [0.4, 0.5) is 0 Å². The number of hydrogen-bond donors (Lipinski definition) is 0. The van der Waals surface area contributed by atoms with Crippen LogP contribution in [0.3, 0.4) is 0 Å². The predicted molar refractivity (Wildman–Crippen MR) is 91.5 cm³/mol. The minimum atomic E-state index is -1.64. The van der Waals surface area contributed by atoms with Crippen LogP contribution in [0, 0.1) is 5.92 Å². The summed E-state index contributed by atoms with van der Waals surface area (Å²) >= 11 is 0.0699. The SMILES string of the molecule is CCCC[Te]/C=C\C(O[Si](C)(C)C(C)(C)C)C(C)C. The van der Waals surface area contributed by atoms with Gasteiger partial charge in [-0.3, -0.25) is 0 Å². The molecule has 0 aromatic heterocycles. The van der Waals surface area contributed by atoms with E-state index in [4.69, 9.17) is 4.43 Å². The van der Waals surface area contributed by atoms with Gasteiger partial charge in [0, 0.05) is 0 Å². The molecule has 0 saturated carbocycles. The van der Waals surface area contributed by atoms with Crippen molar-refractivity contribution in [2.24, 2.45) is 5.92 Å². The molecule has 0 spiro atoms. The molecule has 19 heavy (non-hydrogen) atoms. The number of unbranched alkanes of at least 4 members (excludes halogenated alkanes) is 1. The molecule has 0 amide bonds. The molecule has 0 aliphatic carbocycles. The third-order valence-electron chi connectivity index (χ3n) is 3.87. The van der Waals surface area contributed by atoms with Crippen molar-refractivity contribution in [1.29, 1.82) is 0 Å². The molecule has 114 valence electrons. The fourth-order valence-electron chi connectivity index (χ4n) is 1.34. The molecule has 0 heterocycles. The summed E-state index contributed by atoms with van der Waals surface area (Å²) in [5.41, 5.74) is 0. The van der Waals surface area contributed by atoms with Gasteiger partial charge in [-0.05, 0) is 0 Å². The Morgan fingerprint density at radius 2 is 1.79 bits per heavy atom. The summed E-state index contributed by atoms with van der Waals surface area (Å²) < 4.78 is 10.4. The standard InChI is InChI=1S/C16H34OSiTe/c1-9-10-12-19-13-11-15(14(2)3)17-18(7,8)16(4,5)6/h11,13-15H,9-10,12H2,1-8H3/b13-11-. The zero-order chi connectivity index (χ0) is 15.1. The van der Waals surface area contributed by atoms with Gasteiger partial charge < -0.3 is 0 Å².